The molecule has 8 heteroatoms. The highest BCUT2D eigenvalue weighted by atomic mass is 16.7. The van der Waals surface area contributed by atoms with Crippen molar-refractivity contribution in [2.24, 2.45) is 16.7 Å². The van der Waals surface area contributed by atoms with Crippen LogP contribution in [0.4, 0.5) is 0 Å². The normalized spacial score (nSPS) is 26.9. The first kappa shape index (κ1) is 38.2. The zero-order valence-corrected chi connectivity index (χ0v) is 31.8. The number of amides is 2. The lowest BCUT2D eigenvalue weighted by molar-refractivity contribution is -0.276. The first-order valence-corrected chi connectivity index (χ1v) is 19.4. The molecule has 52 heavy (non-hydrogen) atoms. The number of hydrogen-bond donors (Lipinski definition) is 3. The maximum Gasteiger partial charge on any atom is 0.220 e. The second-order valence-corrected chi connectivity index (χ2v) is 16.9. The van der Waals surface area contributed by atoms with E-state index in [9.17, 15) is 14.7 Å². The summed E-state index contributed by atoms with van der Waals surface area (Å²) in [5.41, 5.74) is 6.94. The van der Waals surface area contributed by atoms with Crippen molar-refractivity contribution in [3.8, 4) is 11.1 Å². The first-order valence-electron chi connectivity index (χ1n) is 19.4. The number of benzene rings is 3. The highest BCUT2D eigenvalue weighted by molar-refractivity contribution is 5.76. The molecule has 3 aromatic carbocycles. The van der Waals surface area contributed by atoms with Gasteiger partial charge in [0.2, 0.25) is 11.8 Å². The quantitative estimate of drug-likeness (QED) is 0.148. The van der Waals surface area contributed by atoms with E-state index in [1.54, 1.807) is 0 Å². The maximum absolute atomic E-state index is 12.5. The molecule has 3 aromatic rings. The minimum absolute atomic E-state index is 0.00244. The van der Waals surface area contributed by atoms with Gasteiger partial charge in [0, 0.05) is 57.0 Å². The molecular weight excluding hydrogens is 651 g/mol. The molecule has 3 fully saturated rings. The Labute approximate surface area is 310 Å². The molecule has 280 valence electrons. The number of ether oxygens (including phenoxy) is 2. The fourth-order valence-corrected chi connectivity index (χ4v) is 9.18. The van der Waals surface area contributed by atoms with E-state index in [0.29, 0.717) is 36.4 Å². The van der Waals surface area contributed by atoms with Crippen molar-refractivity contribution >= 4 is 11.8 Å². The first-order chi connectivity index (χ1) is 24.9. The fraction of sp³-hybridized carbons (Fsp3) is 0.545. The van der Waals surface area contributed by atoms with Crippen LogP contribution in [0.15, 0.2) is 72.8 Å². The second kappa shape index (κ2) is 16.6. The van der Waals surface area contributed by atoms with Crippen molar-refractivity contribution in [2.45, 2.75) is 117 Å². The highest BCUT2D eigenvalue weighted by Crippen LogP contribution is 2.53. The number of carbonyl (C=O) groups is 2. The van der Waals surface area contributed by atoms with Gasteiger partial charge in [0.15, 0.2) is 6.29 Å². The molecule has 0 radical (unpaired) electrons. The van der Waals surface area contributed by atoms with E-state index in [0.717, 1.165) is 65.7 Å². The smallest absolute Gasteiger partial charge is 0.220 e. The minimum atomic E-state index is -0.501. The average Bonchev–Trinajstić information content (AvgIpc) is 3.36. The van der Waals surface area contributed by atoms with E-state index >= 15 is 0 Å². The van der Waals surface area contributed by atoms with E-state index in [1.165, 1.54) is 26.2 Å². The Morgan fingerprint density at radius 2 is 1.62 bits per heavy atom. The summed E-state index contributed by atoms with van der Waals surface area (Å²) >= 11 is 0. The summed E-state index contributed by atoms with van der Waals surface area (Å²) in [6.07, 6.45) is 6.20. The number of rotatable bonds is 14. The van der Waals surface area contributed by atoms with Crippen molar-refractivity contribution in [1.82, 2.24) is 15.5 Å². The van der Waals surface area contributed by atoms with Crippen molar-refractivity contribution < 1.29 is 24.2 Å². The van der Waals surface area contributed by atoms with Gasteiger partial charge in [-0.3, -0.25) is 14.5 Å². The second-order valence-electron chi connectivity index (χ2n) is 16.9. The summed E-state index contributed by atoms with van der Waals surface area (Å²) in [4.78, 5) is 26.2. The zero-order chi connectivity index (χ0) is 36.9. The molecular formula is C44H59N3O5. The highest BCUT2D eigenvalue weighted by Gasteiger charge is 2.51. The lowest BCUT2D eigenvalue weighted by Crippen LogP contribution is -2.46. The van der Waals surface area contributed by atoms with Gasteiger partial charge in [-0.1, -0.05) is 101 Å². The van der Waals surface area contributed by atoms with Gasteiger partial charge in [-0.05, 0) is 76.8 Å². The van der Waals surface area contributed by atoms with Gasteiger partial charge in [-0.15, -0.1) is 0 Å². The van der Waals surface area contributed by atoms with Crippen LogP contribution in [0.25, 0.3) is 11.1 Å². The number of carbonyl (C=O) groups excluding carboxylic acids is 2. The SMILES string of the molecule is CC(=O)NCCCCCC(=O)NCc1cccc(-c2ccc([C@H]3O[C@@H](CN4CC5(C)CC4CC(C)(C)C5)[C@@H](C)[C@@H](c4ccc(CO)cc4)O3)cc2)c1. The standard InChI is InChI=1S/C44H59N3O5/c1-30-39(26-47-29-44(5)24-38(47)23-43(3,4)28-44)51-42(52-41(30)35-15-13-32(27-48)14-16-35)36-19-17-34(18-20-36)37-11-9-10-33(22-37)25-46-40(50)12-7-6-8-21-45-31(2)49/h9-11,13-20,22,30,38-39,41-42,48H,6-8,12,21,23-29H2,1-5H3,(H,45,49)(H,46,50)/t30-,38?,39+,41+,42+,44?/m1/s1. The third kappa shape index (κ3) is 9.70. The van der Waals surface area contributed by atoms with Crippen molar-refractivity contribution in [1.29, 1.82) is 0 Å². The van der Waals surface area contributed by atoms with Crippen LogP contribution in [0.5, 0.6) is 0 Å². The van der Waals surface area contributed by atoms with Crippen LogP contribution in [-0.2, 0) is 32.2 Å². The van der Waals surface area contributed by atoms with Crippen LogP contribution >= 0.6 is 0 Å². The molecule has 2 saturated heterocycles. The summed E-state index contributed by atoms with van der Waals surface area (Å²) < 4.78 is 13.7. The molecule has 0 spiro atoms. The Bertz CT molecular complexity index is 1660. The fourth-order valence-electron chi connectivity index (χ4n) is 9.18. The van der Waals surface area contributed by atoms with E-state index in [1.807, 2.05) is 24.3 Å². The van der Waals surface area contributed by atoms with Gasteiger partial charge in [-0.2, -0.15) is 0 Å². The molecule has 3 aliphatic rings. The van der Waals surface area contributed by atoms with E-state index < -0.39 is 6.29 Å². The van der Waals surface area contributed by atoms with Crippen LogP contribution in [0.2, 0.25) is 0 Å². The number of aliphatic hydroxyl groups excluding tert-OH is 1. The van der Waals surface area contributed by atoms with Crippen molar-refractivity contribution in [3.05, 3.63) is 95.1 Å². The Hall–Kier alpha value is -3.56. The summed E-state index contributed by atoms with van der Waals surface area (Å²) in [5, 5.41) is 15.5. The summed E-state index contributed by atoms with van der Waals surface area (Å²) in [6.45, 7) is 14.3. The number of aliphatic hydroxyl groups is 1. The number of likely N-dealkylation sites (tertiary alicyclic amines) is 1. The summed E-state index contributed by atoms with van der Waals surface area (Å²) in [5.74, 6) is 0.175. The van der Waals surface area contributed by atoms with E-state index in [4.69, 9.17) is 9.47 Å². The Morgan fingerprint density at radius 1 is 0.865 bits per heavy atom. The third-order valence-electron chi connectivity index (χ3n) is 11.4. The topological polar surface area (TPSA) is 100 Å². The van der Waals surface area contributed by atoms with E-state index in [-0.39, 0.29) is 36.5 Å². The third-order valence-corrected chi connectivity index (χ3v) is 11.4. The minimum Gasteiger partial charge on any atom is -0.392 e. The van der Waals surface area contributed by atoms with Gasteiger partial charge in [0.25, 0.3) is 0 Å². The molecule has 2 amide bonds. The van der Waals surface area contributed by atoms with Gasteiger partial charge in [0.1, 0.15) is 0 Å². The Morgan fingerprint density at radius 3 is 2.35 bits per heavy atom. The zero-order valence-electron chi connectivity index (χ0n) is 31.8. The lowest BCUT2D eigenvalue weighted by atomic mass is 9.65. The number of nitrogens with one attached hydrogen (secondary N) is 2. The number of fused-ring (bicyclic) bond motifs is 2. The van der Waals surface area contributed by atoms with Crippen molar-refractivity contribution in [3.63, 3.8) is 0 Å². The molecule has 1 aliphatic carbocycles. The van der Waals surface area contributed by atoms with E-state index in [2.05, 4.69) is 91.8 Å². The Balaban J connectivity index is 1.12. The average molecular weight is 710 g/mol. The summed E-state index contributed by atoms with van der Waals surface area (Å²) in [6, 6.07) is 25.6. The maximum atomic E-state index is 12.5. The van der Waals surface area contributed by atoms with Crippen LogP contribution in [0, 0.1) is 16.7 Å². The molecule has 0 aromatic heterocycles. The molecule has 2 heterocycles. The van der Waals surface area contributed by atoms with Crippen LogP contribution < -0.4 is 10.6 Å². The predicted molar refractivity (Wildman–Crippen MR) is 205 cm³/mol. The number of nitrogens with zero attached hydrogens (tertiary/aromatic N) is 1. The number of hydrogen-bond acceptors (Lipinski definition) is 6. The predicted octanol–water partition coefficient (Wildman–Crippen LogP) is 7.85. The molecule has 2 unspecified atom stereocenters. The van der Waals surface area contributed by atoms with Gasteiger partial charge in [-0.25, -0.2) is 0 Å². The van der Waals surface area contributed by atoms with Gasteiger partial charge in [0.05, 0.1) is 18.8 Å². The molecule has 3 N–H and O–H groups in total. The molecule has 2 bridgehead atoms. The monoisotopic (exact) mass is 709 g/mol. The molecule has 6 atom stereocenters. The molecule has 8 nitrogen and oxygen atoms in total. The van der Waals surface area contributed by atoms with Crippen molar-refractivity contribution in [2.75, 3.05) is 19.6 Å². The van der Waals surface area contributed by atoms with Gasteiger partial charge < -0.3 is 25.2 Å². The Kier molecular flexibility index (Phi) is 12.2. The molecule has 6 rings (SSSR count). The molecule has 1 saturated carbocycles. The van der Waals surface area contributed by atoms with Crippen LogP contribution in [0.1, 0.15) is 114 Å². The largest absolute Gasteiger partial charge is 0.392 e. The molecule has 2 aliphatic heterocycles. The number of unbranched alkanes of at least 4 members (excludes halogenated alkanes) is 2. The summed E-state index contributed by atoms with van der Waals surface area (Å²) in [7, 11) is 0. The van der Waals surface area contributed by atoms with Crippen LogP contribution in [0.3, 0.4) is 0 Å². The van der Waals surface area contributed by atoms with Gasteiger partial charge >= 0.3 is 0 Å². The lowest BCUT2D eigenvalue weighted by Gasteiger charge is -2.43. The van der Waals surface area contributed by atoms with Crippen LogP contribution in [-0.4, -0.2) is 53.6 Å².